The van der Waals surface area contributed by atoms with E-state index in [2.05, 4.69) is 15.5 Å². The van der Waals surface area contributed by atoms with Gasteiger partial charge in [0.05, 0.1) is 23.3 Å². The topological polar surface area (TPSA) is 133 Å². The average Bonchev–Trinajstić information content (AvgIpc) is 3.26. The summed E-state index contributed by atoms with van der Waals surface area (Å²) in [5.41, 5.74) is 0.769. The Labute approximate surface area is 156 Å². The van der Waals surface area contributed by atoms with Crippen molar-refractivity contribution in [3.63, 3.8) is 0 Å². The van der Waals surface area contributed by atoms with Gasteiger partial charge in [-0.25, -0.2) is 9.48 Å². The van der Waals surface area contributed by atoms with E-state index in [-0.39, 0.29) is 35.8 Å². The predicted molar refractivity (Wildman–Crippen MR) is 90.6 cm³/mol. The first-order valence-corrected chi connectivity index (χ1v) is 8.74. The molecule has 1 aromatic heterocycles. The van der Waals surface area contributed by atoms with Crippen LogP contribution in [0.1, 0.15) is 12.0 Å². The summed E-state index contributed by atoms with van der Waals surface area (Å²) in [4.78, 5) is 36.8. The number of amides is 1. The molecule has 1 atom stereocenters. The van der Waals surface area contributed by atoms with E-state index in [1.54, 1.807) is 0 Å². The third-order valence-electron chi connectivity index (χ3n) is 4.10. The zero-order valence-electron chi connectivity index (χ0n) is 13.7. The first kappa shape index (κ1) is 17.1. The summed E-state index contributed by atoms with van der Waals surface area (Å²) < 4.78 is 6.79. The van der Waals surface area contributed by atoms with E-state index < -0.39 is 10.9 Å². The maximum atomic E-state index is 12.6. The fourth-order valence-corrected chi connectivity index (χ4v) is 4.14. The van der Waals surface area contributed by atoms with Gasteiger partial charge in [0, 0.05) is 17.0 Å². The van der Waals surface area contributed by atoms with Crippen LogP contribution in [0.25, 0.3) is 0 Å². The molecular formula is C15H12N6O5S. The normalized spacial score (nSPS) is 18.3. The van der Waals surface area contributed by atoms with Gasteiger partial charge in [0.25, 0.3) is 5.69 Å². The van der Waals surface area contributed by atoms with Crippen molar-refractivity contribution in [1.82, 2.24) is 25.1 Å². The van der Waals surface area contributed by atoms with Crippen molar-refractivity contribution in [1.29, 1.82) is 0 Å². The average molecular weight is 388 g/mol. The molecule has 0 saturated carbocycles. The fourth-order valence-electron chi connectivity index (χ4n) is 2.76. The number of non-ortho nitro benzene ring substituents is 1. The Morgan fingerprint density at radius 2 is 2.15 bits per heavy atom. The third-order valence-corrected chi connectivity index (χ3v) is 5.35. The molecule has 1 aromatic carbocycles. The zero-order valence-corrected chi connectivity index (χ0v) is 14.5. The number of carbonyl (C=O) groups is 2. The van der Waals surface area contributed by atoms with Crippen LogP contribution >= 0.6 is 11.8 Å². The van der Waals surface area contributed by atoms with Crippen molar-refractivity contribution in [2.75, 3.05) is 0 Å². The molecule has 138 valence electrons. The summed E-state index contributed by atoms with van der Waals surface area (Å²) in [6.45, 7) is 0.204. The molecule has 1 saturated heterocycles. The maximum Gasteiger partial charge on any atom is 0.356 e. The minimum atomic E-state index is -0.625. The number of hydrogen-bond acceptors (Lipinski definition) is 9. The lowest BCUT2D eigenvalue weighted by Gasteiger charge is -2.34. The molecule has 0 spiro atoms. The van der Waals surface area contributed by atoms with Gasteiger partial charge < -0.3 is 4.74 Å². The van der Waals surface area contributed by atoms with E-state index in [0.29, 0.717) is 16.9 Å². The molecule has 11 nitrogen and oxygen atoms in total. The highest BCUT2D eigenvalue weighted by Crippen LogP contribution is 2.46. The zero-order chi connectivity index (χ0) is 19.0. The van der Waals surface area contributed by atoms with Crippen LogP contribution < -0.4 is 0 Å². The first-order valence-electron chi connectivity index (χ1n) is 7.86. The van der Waals surface area contributed by atoms with Crippen LogP contribution in [-0.4, -0.2) is 47.3 Å². The second-order valence-corrected chi connectivity index (χ2v) is 7.09. The molecule has 3 heterocycles. The number of allylic oxidation sites excluding steroid dienone is 1. The number of thioether (sulfide) groups is 1. The summed E-state index contributed by atoms with van der Waals surface area (Å²) in [5.74, 6) is -0.763. The Morgan fingerprint density at radius 1 is 1.37 bits per heavy atom. The molecule has 1 amide bonds. The molecule has 2 aromatic rings. The molecule has 27 heavy (non-hydrogen) atoms. The Balaban J connectivity index is 1.49. The maximum absolute atomic E-state index is 12.6. The van der Waals surface area contributed by atoms with Crippen LogP contribution in [0.15, 0.2) is 41.2 Å². The number of nitrogens with zero attached hydrogens (tertiary/aromatic N) is 6. The molecule has 0 aliphatic carbocycles. The SMILES string of the molecule is O=C(OCc1ccc([N+](=O)[O-])cc1)C1=C(Cn2cnnn2)S[C@@H]2CC(=O)N12. The van der Waals surface area contributed by atoms with Gasteiger partial charge in [-0.1, -0.05) is 0 Å². The van der Waals surface area contributed by atoms with Gasteiger partial charge in [0.1, 0.15) is 18.6 Å². The fraction of sp³-hybridized carbons (Fsp3) is 0.267. The van der Waals surface area contributed by atoms with Crippen LogP contribution in [-0.2, 0) is 27.5 Å². The van der Waals surface area contributed by atoms with E-state index in [1.807, 2.05) is 0 Å². The predicted octanol–water partition coefficient (Wildman–Crippen LogP) is 0.841. The minimum Gasteiger partial charge on any atom is -0.456 e. The standard InChI is InChI=1S/C15H12N6O5S/c22-12-5-13-20(12)14(11(27-13)6-19-8-16-17-18-19)15(23)26-7-9-1-3-10(4-2-9)21(24)25/h1-4,8,13H,5-7H2/t13-/m1/s1. The van der Waals surface area contributed by atoms with Gasteiger partial charge >= 0.3 is 5.97 Å². The summed E-state index contributed by atoms with van der Waals surface area (Å²) in [6.07, 6.45) is 1.79. The van der Waals surface area contributed by atoms with Crippen LogP contribution in [0.3, 0.4) is 0 Å². The van der Waals surface area contributed by atoms with Gasteiger partial charge in [-0.2, -0.15) is 0 Å². The van der Waals surface area contributed by atoms with E-state index in [4.69, 9.17) is 4.74 Å². The molecule has 0 bridgehead atoms. The number of carbonyl (C=O) groups excluding carboxylic acids is 2. The van der Waals surface area contributed by atoms with Crippen molar-refractivity contribution < 1.29 is 19.2 Å². The number of nitro groups is 1. The number of ether oxygens (including phenoxy) is 1. The van der Waals surface area contributed by atoms with Crippen molar-refractivity contribution in [3.05, 3.63) is 56.9 Å². The highest BCUT2D eigenvalue weighted by molar-refractivity contribution is 8.04. The number of aromatic nitrogens is 4. The van der Waals surface area contributed by atoms with Crippen LogP contribution in [0, 0.1) is 10.1 Å². The molecule has 4 rings (SSSR count). The largest absolute Gasteiger partial charge is 0.456 e. The number of tetrazole rings is 1. The van der Waals surface area contributed by atoms with Gasteiger partial charge in [0.2, 0.25) is 5.91 Å². The Morgan fingerprint density at radius 3 is 2.78 bits per heavy atom. The lowest BCUT2D eigenvalue weighted by molar-refractivity contribution is -0.384. The van der Waals surface area contributed by atoms with Gasteiger partial charge in [-0.3, -0.25) is 19.8 Å². The quantitative estimate of drug-likeness (QED) is 0.305. The number of β-lactam (4-membered cyclic amide) rings is 1. The Bertz CT molecular complexity index is 942. The summed E-state index contributed by atoms with van der Waals surface area (Å²) >= 11 is 1.42. The van der Waals surface area contributed by atoms with Crippen molar-refractivity contribution in [2.24, 2.45) is 0 Å². The lowest BCUT2D eigenvalue weighted by atomic mass is 10.1. The van der Waals surface area contributed by atoms with Crippen molar-refractivity contribution in [2.45, 2.75) is 24.9 Å². The number of rotatable bonds is 6. The smallest absolute Gasteiger partial charge is 0.356 e. The minimum absolute atomic E-state index is 0.0438. The van der Waals surface area contributed by atoms with Crippen LogP contribution in [0.2, 0.25) is 0 Å². The van der Waals surface area contributed by atoms with Crippen LogP contribution in [0.4, 0.5) is 5.69 Å². The molecule has 2 aliphatic heterocycles. The first-order chi connectivity index (χ1) is 13.0. The number of esters is 1. The summed E-state index contributed by atoms with van der Waals surface area (Å²) in [7, 11) is 0. The second-order valence-electron chi connectivity index (χ2n) is 5.82. The van der Waals surface area contributed by atoms with E-state index >= 15 is 0 Å². The Hall–Kier alpha value is -3.28. The molecule has 12 heteroatoms. The highest BCUT2D eigenvalue weighted by atomic mass is 32.2. The van der Waals surface area contributed by atoms with Crippen molar-refractivity contribution in [3.8, 4) is 0 Å². The molecular weight excluding hydrogens is 376 g/mol. The van der Waals surface area contributed by atoms with E-state index in [1.165, 1.54) is 51.9 Å². The number of hydrogen-bond donors (Lipinski definition) is 0. The lowest BCUT2D eigenvalue weighted by Crippen LogP contribution is -2.48. The third kappa shape index (κ3) is 3.26. The monoisotopic (exact) mass is 388 g/mol. The van der Waals surface area contributed by atoms with Crippen LogP contribution in [0.5, 0.6) is 0 Å². The van der Waals surface area contributed by atoms with E-state index in [0.717, 1.165) is 0 Å². The van der Waals surface area contributed by atoms with E-state index in [9.17, 15) is 19.7 Å². The number of nitro benzene ring substituents is 1. The molecule has 1 fully saturated rings. The Kier molecular flexibility index (Phi) is 4.32. The number of benzene rings is 1. The van der Waals surface area contributed by atoms with Crippen molar-refractivity contribution >= 4 is 29.3 Å². The summed E-state index contributed by atoms with van der Waals surface area (Å²) in [5, 5.41) is 21.5. The molecule has 0 unspecified atom stereocenters. The molecule has 2 aliphatic rings. The van der Waals surface area contributed by atoms with Gasteiger partial charge in [-0.05, 0) is 28.1 Å². The van der Waals surface area contributed by atoms with Gasteiger partial charge in [-0.15, -0.1) is 16.9 Å². The molecule has 0 N–H and O–H groups in total. The second kappa shape index (κ2) is 6.79. The summed E-state index contributed by atoms with van der Waals surface area (Å²) in [6, 6.07) is 5.71. The highest BCUT2D eigenvalue weighted by Gasteiger charge is 2.48. The molecule has 0 radical (unpaired) electrons. The number of fused-ring (bicyclic) bond motifs is 1. The van der Waals surface area contributed by atoms with Gasteiger partial charge in [0.15, 0.2) is 0 Å².